The third-order valence-corrected chi connectivity index (χ3v) is 5.83. The Morgan fingerprint density at radius 1 is 0.952 bits per heavy atom. The van der Waals surface area contributed by atoms with Crippen LogP contribution in [0, 0.1) is 0 Å². The normalized spacial score (nSPS) is 17.4. The molecule has 0 fully saturated rings. The third-order valence-electron chi connectivity index (χ3n) is 3.50. The van der Waals surface area contributed by atoms with Gasteiger partial charge in [0.25, 0.3) is 0 Å². The molecule has 21 heavy (non-hydrogen) atoms. The van der Waals surface area contributed by atoms with E-state index in [1.807, 2.05) is 18.2 Å². The van der Waals surface area contributed by atoms with Crippen molar-refractivity contribution in [2.75, 3.05) is 0 Å². The zero-order valence-electron chi connectivity index (χ0n) is 12.3. The Morgan fingerprint density at radius 3 is 2.43 bits per heavy atom. The molecule has 1 nitrogen and oxygen atoms in total. The monoisotopic (exact) mass is 341 g/mol. The number of para-hydroxylation sites is 1. The molecule has 1 aliphatic heterocycles. The first-order valence-electron chi connectivity index (χ1n) is 7.50. The molecular formula is C19H19NSe. The van der Waals surface area contributed by atoms with E-state index >= 15 is 0 Å². The summed E-state index contributed by atoms with van der Waals surface area (Å²) in [5.41, 5.74) is 3.77. The molecular weight excluding hydrogens is 321 g/mol. The molecule has 1 heterocycles. The maximum atomic E-state index is 4.88. The molecule has 1 aliphatic rings. The van der Waals surface area contributed by atoms with Crippen LogP contribution < -0.4 is 0 Å². The summed E-state index contributed by atoms with van der Waals surface area (Å²) in [6.07, 6.45) is 6.13. The molecule has 0 radical (unpaired) electrons. The fourth-order valence-electron chi connectivity index (χ4n) is 2.39. The van der Waals surface area contributed by atoms with Crippen molar-refractivity contribution in [1.82, 2.24) is 0 Å². The summed E-state index contributed by atoms with van der Waals surface area (Å²) in [6, 6.07) is 19.0. The average Bonchev–Trinajstić information content (AvgIpc) is 2.87. The topological polar surface area (TPSA) is 12.4 Å². The first-order chi connectivity index (χ1) is 10.4. The summed E-state index contributed by atoms with van der Waals surface area (Å²) in [5, 5.41) is 0. The van der Waals surface area contributed by atoms with Gasteiger partial charge >= 0.3 is 133 Å². The van der Waals surface area contributed by atoms with Gasteiger partial charge < -0.3 is 0 Å². The molecule has 2 aromatic rings. The molecule has 0 unspecified atom stereocenters. The number of unbranched alkanes of at least 4 members (excludes halogenated alkanes) is 2. The van der Waals surface area contributed by atoms with E-state index in [4.69, 9.17) is 4.99 Å². The number of benzene rings is 2. The molecule has 2 aromatic carbocycles. The van der Waals surface area contributed by atoms with Gasteiger partial charge in [-0.15, -0.1) is 0 Å². The fraction of sp³-hybridized carbons (Fsp3) is 0.211. The van der Waals surface area contributed by atoms with Crippen LogP contribution in [-0.4, -0.2) is 19.6 Å². The van der Waals surface area contributed by atoms with E-state index in [-0.39, 0.29) is 0 Å². The van der Waals surface area contributed by atoms with Crippen LogP contribution in [0.4, 0.5) is 5.69 Å². The van der Waals surface area contributed by atoms with Crippen LogP contribution in [0.25, 0.3) is 4.47 Å². The van der Waals surface area contributed by atoms with Gasteiger partial charge in [0.15, 0.2) is 0 Å². The number of rotatable bonds is 4. The summed E-state index contributed by atoms with van der Waals surface area (Å²) >= 11 is 0.327. The van der Waals surface area contributed by atoms with Gasteiger partial charge in [-0.25, -0.2) is 0 Å². The average molecular weight is 340 g/mol. The van der Waals surface area contributed by atoms with Gasteiger partial charge in [0.2, 0.25) is 0 Å². The molecule has 3 rings (SSSR count). The van der Waals surface area contributed by atoms with E-state index in [1.165, 1.54) is 39.5 Å². The van der Waals surface area contributed by atoms with Crippen LogP contribution in [0.15, 0.2) is 65.7 Å². The molecule has 2 heteroatoms. The molecule has 0 saturated carbocycles. The van der Waals surface area contributed by atoms with Crippen LogP contribution in [0.2, 0.25) is 0 Å². The predicted molar refractivity (Wildman–Crippen MR) is 92.3 cm³/mol. The van der Waals surface area contributed by atoms with Gasteiger partial charge in [-0.05, 0) is 0 Å². The van der Waals surface area contributed by atoms with Crippen LogP contribution in [0.1, 0.15) is 37.3 Å². The van der Waals surface area contributed by atoms with Crippen molar-refractivity contribution < 1.29 is 0 Å². The Hall–Kier alpha value is -1.63. The summed E-state index contributed by atoms with van der Waals surface area (Å²) in [5.74, 6) is 0. The quantitative estimate of drug-likeness (QED) is 0.548. The van der Waals surface area contributed by atoms with Gasteiger partial charge in [0.05, 0.1) is 0 Å². The Balaban J connectivity index is 1.95. The third kappa shape index (κ3) is 3.34. The molecule has 106 valence electrons. The molecule has 0 aliphatic carbocycles. The first kappa shape index (κ1) is 14.3. The number of fused-ring (bicyclic) bond motifs is 1. The second-order valence-corrected chi connectivity index (χ2v) is 7.27. The SMILES string of the molecule is CCCC/C=C1\[Se]C(=Nc2ccccc2)c2ccccc21. The molecule has 0 amide bonds. The molecule has 0 saturated heterocycles. The number of allylic oxidation sites excluding steroid dienone is 1. The number of hydrogen-bond acceptors (Lipinski definition) is 1. The second-order valence-electron chi connectivity index (χ2n) is 5.11. The Labute approximate surface area is 133 Å². The fourth-order valence-corrected chi connectivity index (χ4v) is 4.77. The van der Waals surface area contributed by atoms with E-state index in [2.05, 4.69) is 49.4 Å². The molecule has 0 spiro atoms. The molecule has 0 aromatic heterocycles. The van der Waals surface area contributed by atoms with E-state index in [1.54, 1.807) is 0 Å². The summed E-state index contributed by atoms with van der Waals surface area (Å²) in [4.78, 5) is 4.88. The van der Waals surface area contributed by atoms with Crippen molar-refractivity contribution in [3.63, 3.8) is 0 Å². The van der Waals surface area contributed by atoms with E-state index in [0.29, 0.717) is 15.0 Å². The summed E-state index contributed by atoms with van der Waals surface area (Å²) in [6.45, 7) is 2.24. The number of aliphatic imine (C=N–C) groups is 1. The minimum atomic E-state index is 0.327. The Kier molecular flexibility index (Phi) is 4.69. The zero-order valence-corrected chi connectivity index (χ0v) is 14.0. The van der Waals surface area contributed by atoms with Gasteiger partial charge in [-0.1, -0.05) is 0 Å². The van der Waals surface area contributed by atoms with Crippen molar-refractivity contribution in [2.24, 2.45) is 4.99 Å². The van der Waals surface area contributed by atoms with E-state index in [9.17, 15) is 0 Å². The maximum absolute atomic E-state index is 4.88. The van der Waals surface area contributed by atoms with Gasteiger partial charge in [-0.3, -0.25) is 0 Å². The van der Waals surface area contributed by atoms with Crippen LogP contribution in [-0.2, 0) is 0 Å². The molecule has 0 N–H and O–H groups in total. The van der Waals surface area contributed by atoms with Crippen LogP contribution in [0.5, 0.6) is 0 Å². The van der Waals surface area contributed by atoms with Crippen molar-refractivity contribution >= 4 is 29.7 Å². The van der Waals surface area contributed by atoms with Crippen molar-refractivity contribution in [3.05, 3.63) is 71.8 Å². The summed E-state index contributed by atoms with van der Waals surface area (Å²) < 4.78 is 2.76. The van der Waals surface area contributed by atoms with Crippen LogP contribution in [0.3, 0.4) is 0 Å². The van der Waals surface area contributed by atoms with Gasteiger partial charge in [0.1, 0.15) is 0 Å². The molecule has 0 bridgehead atoms. The zero-order chi connectivity index (χ0) is 14.5. The predicted octanol–water partition coefficient (Wildman–Crippen LogP) is 5.01. The van der Waals surface area contributed by atoms with Crippen molar-refractivity contribution in [2.45, 2.75) is 26.2 Å². The van der Waals surface area contributed by atoms with Crippen molar-refractivity contribution in [3.8, 4) is 0 Å². The van der Waals surface area contributed by atoms with Crippen molar-refractivity contribution in [1.29, 1.82) is 0 Å². The second kappa shape index (κ2) is 6.89. The van der Waals surface area contributed by atoms with Gasteiger partial charge in [0, 0.05) is 0 Å². The summed E-state index contributed by atoms with van der Waals surface area (Å²) in [7, 11) is 0. The van der Waals surface area contributed by atoms with E-state index in [0.717, 1.165) is 5.69 Å². The first-order valence-corrected chi connectivity index (χ1v) is 9.21. The molecule has 0 atom stereocenters. The number of hydrogen-bond donors (Lipinski definition) is 0. The van der Waals surface area contributed by atoms with Gasteiger partial charge in [-0.2, -0.15) is 0 Å². The van der Waals surface area contributed by atoms with E-state index < -0.39 is 0 Å². The Bertz CT molecular complexity index is 671. The Morgan fingerprint density at radius 2 is 1.67 bits per heavy atom. The van der Waals surface area contributed by atoms with Crippen LogP contribution >= 0.6 is 0 Å². The number of nitrogens with zero attached hydrogens (tertiary/aromatic N) is 1. The minimum absolute atomic E-state index is 0.327. The standard InChI is InChI=1S/C19H19NSe/c1-2-3-5-14-18-16-12-8-9-13-17(16)19(21-18)20-15-10-6-4-7-11-15/h4,6-14H,2-3,5H2,1H3/b18-14-,20-19?.